The summed E-state index contributed by atoms with van der Waals surface area (Å²) in [6, 6.07) is 23.3. The molecule has 0 spiro atoms. The summed E-state index contributed by atoms with van der Waals surface area (Å²) < 4.78 is 81.9. The molecule has 0 aromatic heterocycles. The highest BCUT2D eigenvalue weighted by Crippen LogP contribution is 2.39. The lowest BCUT2D eigenvalue weighted by Crippen LogP contribution is -2.37. The molecule has 1 aliphatic heterocycles. The molecule has 1 saturated heterocycles. The molecular weight excluding hydrogens is 583 g/mol. The molecular formula is C33H29F5N2O4. The van der Waals surface area contributed by atoms with Crippen LogP contribution in [-0.2, 0) is 22.6 Å². The second kappa shape index (κ2) is 13.6. The summed E-state index contributed by atoms with van der Waals surface area (Å²) in [6.45, 7) is 1.13. The van der Waals surface area contributed by atoms with Crippen molar-refractivity contribution in [2.45, 2.75) is 38.1 Å². The summed E-state index contributed by atoms with van der Waals surface area (Å²) in [5, 5.41) is 11.6. The SMILES string of the molecule is CN(Cc1ccccc1)C[C@H]1C[C@@H](c2ccc(CO)cc2)O[C@@H](c2cccc(NC(=O)c3c(F)c(F)c(F)c(F)c3F)c2)O1. The van der Waals surface area contributed by atoms with E-state index < -0.39 is 53.0 Å². The van der Waals surface area contributed by atoms with Gasteiger partial charge in [-0.15, -0.1) is 0 Å². The fourth-order valence-electron chi connectivity index (χ4n) is 5.10. The zero-order valence-corrected chi connectivity index (χ0v) is 23.6. The lowest BCUT2D eigenvalue weighted by molar-refractivity contribution is -0.252. The summed E-state index contributed by atoms with van der Waals surface area (Å²) in [6.07, 6.45) is -1.10. The minimum absolute atomic E-state index is 0.0239. The van der Waals surface area contributed by atoms with Crippen molar-refractivity contribution in [2.75, 3.05) is 18.9 Å². The number of nitrogens with one attached hydrogen (secondary N) is 1. The number of hydrogen-bond acceptors (Lipinski definition) is 5. The van der Waals surface area contributed by atoms with Crippen LogP contribution in [0.5, 0.6) is 0 Å². The number of nitrogens with zero attached hydrogens (tertiary/aromatic N) is 1. The number of rotatable bonds is 9. The van der Waals surface area contributed by atoms with Crippen molar-refractivity contribution < 1.29 is 41.3 Å². The number of aliphatic hydroxyl groups is 1. The summed E-state index contributed by atoms with van der Waals surface area (Å²) >= 11 is 0. The number of halogens is 5. The number of amides is 1. The van der Waals surface area contributed by atoms with Crippen molar-refractivity contribution in [1.82, 2.24) is 4.90 Å². The molecule has 1 fully saturated rings. The van der Waals surface area contributed by atoms with E-state index in [1.165, 1.54) is 18.2 Å². The average Bonchev–Trinajstić information content (AvgIpc) is 3.03. The normalized spacial score (nSPS) is 18.4. The predicted octanol–water partition coefficient (Wildman–Crippen LogP) is 6.80. The average molecular weight is 613 g/mol. The van der Waals surface area contributed by atoms with Gasteiger partial charge in [-0.25, -0.2) is 22.0 Å². The maximum absolute atomic E-state index is 14.2. The molecule has 0 bridgehead atoms. The van der Waals surface area contributed by atoms with Gasteiger partial charge in [-0.2, -0.15) is 0 Å². The van der Waals surface area contributed by atoms with Crippen molar-refractivity contribution in [3.63, 3.8) is 0 Å². The standard InChI is InChI=1S/C33H29F5N2O4/c1-40(16-19-6-3-2-4-7-19)17-24-15-25(21-12-10-20(18-41)11-13-21)44-33(43-24)22-8-5-9-23(14-22)39-32(42)26-27(34)29(36)31(38)30(37)28(26)35/h2-14,24-25,33,41H,15-18H2,1H3,(H,39,42)/t24-,25+,33+/m1/s1. The topological polar surface area (TPSA) is 71.0 Å². The maximum atomic E-state index is 14.2. The number of hydrogen-bond donors (Lipinski definition) is 2. The van der Waals surface area contributed by atoms with Gasteiger partial charge in [-0.05, 0) is 35.9 Å². The zero-order chi connectivity index (χ0) is 31.4. The van der Waals surface area contributed by atoms with Crippen LogP contribution in [0.25, 0.3) is 0 Å². The smallest absolute Gasteiger partial charge is 0.261 e. The fourth-order valence-corrected chi connectivity index (χ4v) is 5.10. The van der Waals surface area contributed by atoms with E-state index in [1.54, 1.807) is 18.2 Å². The number of ether oxygens (including phenoxy) is 2. The first-order valence-corrected chi connectivity index (χ1v) is 13.8. The molecule has 1 heterocycles. The maximum Gasteiger partial charge on any atom is 0.261 e. The van der Waals surface area contributed by atoms with Gasteiger partial charge in [-0.3, -0.25) is 9.69 Å². The summed E-state index contributed by atoms with van der Waals surface area (Å²) in [4.78, 5) is 14.8. The van der Waals surface area contributed by atoms with Gasteiger partial charge in [0.2, 0.25) is 5.82 Å². The van der Waals surface area contributed by atoms with Crippen LogP contribution in [0.2, 0.25) is 0 Å². The molecule has 4 aromatic carbocycles. The Morgan fingerprint density at radius 1 is 0.818 bits per heavy atom. The Morgan fingerprint density at radius 2 is 1.48 bits per heavy atom. The van der Waals surface area contributed by atoms with Crippen molar-refractivity contribution in [3.05, 3.63) is 136 Å². The lowest BCUT2D eigenvalue weighted by atomic mass is 9.99. The third kappa shape index (κ3) is 6.97. The van der Waals surface area contributed by atoms with Crippen molar-refractivity contribution in [2.24, 2.45) is 0 Å². The monoisotopic (exact) mass is 612 g/mol. The van der Waals surface area contributed by atoms with Crippen molar-refractivity contribution in [3.8, 4) is 0 Å². The van der Waals surface area contributed by atoms with E-state index in [1.807, 2.05) is 49.5 Å². The molecule has 0 aliphatic carbocycles. The molecule has 6 nitrogen and oxygen atoms in total. The lowest BCUT2D eigenvalue weighted by Gasteiger charge is -2.38. The number of likely N-dealkylation sites (N-methyl/N-ethyl adjacent to an activating group) is 1. The third-order valence-corrected chi connectivity index (χ3v) is 7.28. The van der Waals surface area contributed by atoms with Gasteiger partial charge < -0.3 is 19.9 Å². The predicted molar refractivity (Wildman–Crippen MR) is 152 cm³/mol. The van der Waals surface area contributed by atoms with Crippen LogP contribution in [0, 0.1) is 29.1 Å². The van der Waals surface area contributed by atoms with E-state index in [4.69, 9.17) is 9.47 Å². The molecule has 1 aliphatic rings. The molecule has 3 atom stereocenters. The fraction of sp³-hybridized carbons (Fsp3) is 0.242. The van der Waals surface area contributed by atoms with E-state index in [-0.39, 0.29) is 18.4 Å². The van der Waals surface area contributed by atoms with Gasteiger partial charge >= 0.3 is 0 Å². The first-order valence-electron chi connectivity index (χ1n) is 13.8. The minimum atomic E-state index is -2.35. The van der Waals surface area contributed by atoms with Gasteiger partial charge in [0.25, 0.3) is 5.91 Å². The van der Waals surface area contributed by atoms with Crippen LogP contribution in [0.3, 0.4) is 0 Å². The van der Waals surface area contributed by atoms with Gasteiger partial charge in [0.1, 0.15) is 5.56 Å². The Balaban J connectivity index is 1.38. The molecule has 0 radical (unpaired) electrons. The number of anilines is 1. The van der Waals surface area contributed by atoms with Crippen LogP contribution in [-0.4, -0.2) is 35.6 Å². The minimum Gasteiger partial charge on any atom is -0.392 e. The van der Waals surface area contributed by atoms with Crippen LogP contribution in [0.15, 0.2) is 78.9 Å². The summed E-state index contributed by atoms with van der Waals surface area (Å²) in [7, 11) is 1.97. The van der Waals surface area contributed by atoms with E-state index in [9.17, 15) is 31.9 Å². The number of carbonyl (C=O) groups excluding carboxylic acids is 1. The molecule has 2 N–H and O–H groups in total. The molecule has 0 saturated carbocycles. The second-order valence-electron chi connectivity index (χ2n) is 10.6. The molecule has 5 rings (SSSR count). The first-order chi connectivity index (χ1) is 21.1. The summed E-state index contributed by atoms with van der Waals surface area (Å²) in [5.41, 5.74) is 1.62. The number of aliphatic hydroxyl groups excluding tert-OH is 1. The van der Waals surface area contributed by atoms with Gasteiger partial charge in [0, 0.05) is 30.8 Å². The second-order valence-corrected chi connectivity index (χ2v) is 10.6. The van der Waals surface area contributed by atoms with Gasteiger partial charge in [0.05, 0.1) is 18.8 Å². The summed E-state index contributed by atoms with van der Waals surface area (Å²) in [5.74, 6) is -12.8. The molecule has 230 valence electrons. The molecule has 11 heteroatoms. The van der Waals surface area contributed by atoms with E-state index in [2.05, 4.69) is 10.2 Å². The first kappa shape index (κ1) is 31.3. The Kier molecular flexibility index (Phi) is 9.70. The number of benzene rings is 4. The Bertz CT molecular complexity index is 1590. The van der Waals surface area contributed by atoms with E-state index in [0.29, 0.717) is 25.1 Å². The highest BCUT2D eigenvalue weighted by atomic mass is 19.2. The van der Waals surface area contributed by atoms with E-state index >= 15 is 0 Å². The van der Waals surface area contributed by atoms with Crippen LogP contribution >= 0.6 is 0 Å². The number of carbonyl (C=O) groups is 1. The highest BCUT2D eigenvalue weighted by molar-refractivity contribution is 6.04. The zero-order valence-electron chi connectivity index (χ0n) is 23.6. The van der Waals surface area contributed by atoms with Gasteiger partial charge in [-0.1, -0.05) is 66.7 Å². The van der Waals surface area contributed by atoms with Crippen LogP contribution in [0.4, 0.5) is 27.6 Å². The van der Waals surface area contributed by atoms with Crippen LogP contribution in [0.1, 0.15) is 51.4 Å². The largest absolute Gasteiger partial charge is 0.392 e. The molecule has 44 heavy (non-hydrogen) atoms. The third-order valence-electron chi connectivity index (χ3n) is 7.28. The molecule has 0 unspecified atom stereocenters. The molecule has 4 aromatic rings. The van der Waals surface area contributed by atoms with Crippen molar-refractivity contribution >= 4 is 11.6 Å². The molecule has 1 amide bonds. The Labute approximate surface area is 250 Å². The van der Waals surface area contributed by atoms with Crippen molar-refractivity contribution in [1.29, 1.82) is 0 Å². The Hall–Kier alpha value is -4.16. The van der Waals surface area contributed by atoms with E-state index in [0.717, 1.165) is 16.7 Å². The van der Waals surface area contributed by atoms with Gasteiger partial charge in [0.15, 0.2) is 29.6 Å². The Morgan fingerprint density at radius 3 is 2.14 bits per heavy atom. The van der Waals surface area contributed by atoms with Crippen LogP contribution < -0.4 is 5.32 Å². The highest BCUT2D eigenvalue weighted by Gasteiger charge is 2.33. The quantitative estimate of drug-likeness (QED) is 0.124.